The van der Waals surface area contributed by atoms with Crippen molar-refractivity contribution in [2.75, 3.05) is 0 Å². The van der Waals surface area contributed by atoms with E-state index in [9.17, 15) is 0 Å². The summed E-state index contributed by atoms with van der Waals surface area (Å²) in [5.41, 5.74) is 1.20. The molecule has 2 unspecified atom stereocenters. The first kappa shape index (κ1) is 16.8. The first-order valence-electron chi connectivity index (χ1n) is 7.29. The predicted molar refractivity (Wildman–Crippen MR) is 86.2 cm³/mol. The van der Waals surface area contributed by atoms with Gasteiger partial charge in [0.1, 0.15) is 0 Å². The maximum atomic E-state index is 6.08. The molecule has 19 heavy (non-hydrogen) atoms. The first-order chi connectivity index (χ1) is 9.08. The first-order valence-corrected chi connectivity index (χ1v) is 8.05. The number of rotatable bonds is 8. The summed E-state index contributed by atoms with van der Waals surface area (Å²) in [6.45, 7) is 6.67. The fourth-order valence-electron chi connectivity index (χ4n) is 2.34. The zero-order chi connectivity index (χ0) is 14.3. The van der Waals surface area contributed by atoms with Gasteiger partial charge in [-0.25, -0.2) is 0 Å². The molecule has 0 aliphatic heterocycles. The Balaban J connectivity index is 2.63. The molecule has 0 heterocycles. The van der Waals surface area contributed by atoms with Crippen molar-refractivity contribution in [1.82, 2.24) is 5.32 Å². The molecule has 1 rings (SSSR count). The van der Waals surface area contributed by atoms with Crippen LogP contribution in [0.3, 0.4) is 0 Å². The van der Waals surface area contributed by atoms with Crippen LogP contribution in [-0.4, -0.2) is 6.04 Å². The molecule has 0 aromatic heterocycles. The molecule has 1 N–H and O–H groups in total. The van der Waals surface area contributed by atoms with Gasteiger partial charge in [0.05, 0.1) is 10.0 Å². The average Bonchev–Trinajstić information content (AvgIpc) is 2.39. The van der Waals surface area contributed by atoms with E-state index in [-0.39, 0.29) is 0 Å². The molecular weight excluding hydrogens is 277 g/mol. The van der Waals surface area contributed by atoms with Gasteiger partial charge in [-0.1, -0.05) is 62.4 Å². The van der Waals surface area contributed by atoms with Crippen molar-refractivity contribution < 1.29 is 0 Å². The van der Waals surface area contributed by atoms with Crippen LogP contribution in [0.1, 0.15) is 64.5 Å². The van der Waals surface area contributed by atoms with Crippen molar-refractivity contribution in [3.63, 3.8) is 0 Å². The van der Waals surface area contributed by atoms with Gasteiger partial charge in [0, 0.05) is 12.1 Å². The molecule has 0 fully saturated rings. The molecule has 0 saturated carbocycles. The number of nitrogens with one attached hydrogen (secondary N) is 1. The maximum absolute atomic E-state index is 6.08. The van der Waals surface area contributed by atoms with E-state index >= 15 is 0 Å². The van der Waals surface area contributed by atoms with Crippen molar-refractivity contribution in [1.29, 1.82) is 0 Å². The summed E-state index contributed by atoms with van der Waals surface area (Å²) < 4.78 is 0. The summed E-state index contributed by atoms with van der Waals surface area (Å²) in [5, 5.41) is 4.97. The van der Waals surface area contributed by atoms with Gasteiger partial charge in [-0.2, -0.15) is 0 Å². The SMILES string of the molecule is CCCCC(CCC)NC(C)c1ccc(Cl)c(Cl)c1. The molecule has 108 valence electrons. The summed E-state index contributed by atoms with van der Waals surface area (Å²) in [6, 6.07) is 6.79. The van der Waals surface area contributed by atoms with Gasteiger partial charge in [0.2, 0.25) is 0 Å². The van der Waals surface area contributed by atoms with Gasteiger partial charge in [-0.15, -0.1) is 0 Å². The molecule has 0 saturated heterocycles. The molecular formula is C16H25Cl2N. The van der Waals surface area contributed by atoms with E-state index in [4.69, 9.17) is 23.2 Å². The number of halogens is 2. The third-order valence-electron chi connectivity index (χ3n) is 3.47. The molecule has 1 nitrogen and oxygen atoms in total. The standard InChI is InChI=1S/C16H25Cl2N/c1-4-6-8-14(7-5-2)19-12(3)13-9-10-15(17)16(18)11-13/h9-12,14,19H,4-8H2,1-3H3. The summed E-state index contributed by atoms with van der Waals surface area (Å²) >= 11 is 12.0. The zero-order valence-electron chi connectivity index (χ0n) is 12.2. The lowest BCUT2D eigenvalue weighted by atomic mass is 10.0. The highest BCUT2D eigenvalue weighted by atomic mass is 35.5. The fourth-order valence-corrected chi connectivity index (χ4v) is 2.65. The Hall–Kier alpha value is -0.240. The summed E-state index contributed by atoms with van der Waals surface area (Å²) in [4.78, 5) is 0. The van der Waals surface area contributed by atoms with Crippen LogP contribution in [0.4, 0.5) is 0 Å². The van der Waals surface area contributed by atoms with Crippen LogP contribution in [0.5, 0.6) is 0 Å². The average molecular weight is 302 g/mol. The van der Waals surface area contributed by atoms with Crippen LogP contribution in [0.15, 0.2) is 18.2 Å². The molecule has 2 atom stereocenters. The minimum absolute atomic E-state index is 0.308. The summed E-state index contributed by atoms with van der Waals surface area (Å²) in [6.07, 6.45) is 6.23. The molecule has 0 bridgehead atoms. The van der Waals surface area contributed by atoms with Crippen LogP contribution in [0, 0.1) is 0 Å². The zero-order valence-corrected chi connectivity index (χ0v) is 13.7. The van der Waals surface area contributed by atoms with Crippen LogP contribution < -0.4 is 5.32 Å². The third-order valence-corrected chi connectivity index (χ3v) is 4.21. The third kappa shape index (κ3) is 5.72. The molecule has 0 aliphatic rings. The fraction of sp³-hybridized carbons (Fsp3) is 0.625. The topological polar surface area (TPSA) is 12.0 Å². The molecule has 0 radical (unpaired) electrons. The lowest BCUT2D eigenvalue weighted by Gasteiger charge is -2.23. The van der Waals surface area contributed by atoms with Gasteiger partial charge in [0.15, 0.2) is 0 Å². The van der Waals surface area contributed by atoms with Gasteiger partial charge >= 0.3 is 0 Å². The summed E-state index contributed by atoms with van der Waals surface area (Å²) in [7, 11) is 0. The smallest absolute Gasteiger partial charge is 0.0595 e. The Morgan fingerprint density at radius 3 is 2.37 bits per heavy atom. The van der Waals surface area contributed by atoms with Crippen molar-refractivity contribution in [2.45, 2.75) is 65.0 Å². The lowest BCUT2D eigenvalue weighted by molar-refractivity contribution is 0.396. The van der Waals surface area contributed by atoms with Crippen molar-refractivity contribution in [3.05, 3.63) is 33.8 Å². The minimum Gasteiger partial charge on any atom is -0.307 e. The van der Waals surface area contributed by atoms with Crippen molar-refractivity contribution in [3.8, 4) is 0 Å². The Labute approximate surface area is 127 Å². The molecule has 0 spiro atoms. The quantitative estimate of drug-likeness (QED) is 0.620. The van der Waals surface area contributed by atoms with E-state index in [1.807, 2.05) is 12.1 Å². The highest BCUT2D eigenvalue weighted by Gasteiger charge is 2.13. The van der Waals surface area contributed by atoms with Crippen molar-refractivity contribution >= 4 is 23.2 Å². The molecule has 3 heteroatoms. The second-order valence-electron chi connectivity index (χ2n) is 5.19. The van der Waals surface area contributed by atoms with Gasteiger partial charge in [0.25, 0.3) is 0 Å². The van der Waals surface area contributed by atoms with Gasteiger partial charge < -0.3 is 5.32 Å². The predicted octanol–water partition coefficient (Wildman–Crippen LogP) is 6.00. The normalized spacial score (nSPS) is 14.4. The van der Waals surface area contributed by atoms with Crippen LogP contribution in [-0.2, 0) is 0 Å². The number of hydrogen-bond donors (Lipinski definition) is 1. The van der Waals surface area contributed by atoms with Crippen LogP contribution >= 0.6 is 23.2 Å². The van der Waals surface area contributed by atoms with E-state index in [0.717, 1.165) is 0 Å². The second-order valence-corrected chi connectivity index (χ2v) is 6.00. The molecule has 0 aliphatic carbocycles. The highest BCUT2D eigenvalue weighted by molar-refractivity contribution is 6.42. The molecule has 1 aromatic carbocycles. The van der Waals surface area contributed by atoms with Crippen LogP contribution in [0.2, 0.25) is 10.0 Å². The largest absolute Gasteiger partial charge is 0.307 e. The maximum Gasteiger partial charge on any atom is 0.0595 e. The minimum atomic E-state index is 0.308. The summed E-state index contributed by atoms with van der Waals surface area (Å²) in [5.74, 6) is 0. The number of benzene rings is 1. The van der Waals surface area contributed by atoms with E-state index in [0.29, 0.717) is 22.1 Å². The molecule has 0 amide bonds. The van der Waals surface area contributed by atoms with Crippen molar-refractivity contribution in [2.24, 2.45) is 0 Å². The second kappa shape index (κ2) is 8.84. The van der Waals surface area contributed by atoms with Crippen LogP contribution in [0.25, 0.3) is 0 Å². The number of unbranched alkanes of at least 4 members (excludes halogenated alkanes) is 1. The van der Waals surface area contributed by atoms with E-state index in [1.165, 1.54) is 37.7 Å². The number of hydrogen-bond acceptors (Lipinski definition) is 1. The van der Waals surface area contributed by atoms with E-state index in [2.05, 4.69) is 32.2 Å². The Bertz CT molecular complexity index is 379. The highest BCUT2D eigenvalue weighted by Crippen LogP contribution is 2.26. The Morgan fingerprint density at radius 1 is 1.05 bits per heavy atom. The Morgan fingerprint density at radius 2 is 1.79 bits per heavy atom. The van der Waals surface area contributed by atoms with E-state index in [1.54, 1.807) is 0 Å². The lowest BCUT2D eigenvalue weighted by Crippen LogP contribution is -2.31. The van der Waals surface area contributed by atoms with Gasteiger partial charge in [-0.05, 0) is 37.5 Å². The van der Waals surface area contributed by atoms with Gasteiger partial charge in [-0.3, -0.25) is 0 Å². The Kier molecular flexibility index (Phi) is 7.82. The monoisotopic (exact) mass is 301 g/mol. The van der Waals surface area contributed by atoms with E-state index < -0.39 is 0 Å². The molecule has 1 aromatic rings.